The zero-order valence-corrected chi connectivity index (χ0v) is 14.6. The summed E-state index contributed by atoms with van der Waals surface area (Å²) in [6, 6.07) is 0. The van der Waals surface area contributed by atoms with Gasteiger partial charge in [0.15, 0.2) is 0 Å². The Morgan fingerprint density at radius 1 is 0.952 bits per heavy atom. The lowest BCUT2D eigenvalue weighted by Gasteiger charge is -2.36. The Kier molecular flexibility index (Phi) is 5.55. The Morgan fingerprint density at radius 2 is 1.62 bits per heavy atom. The molecule has 2 aliphatic carbocycles. The van der Waals surface area contributed by atoms with Gasteiger partial charge in [0.1, 0.15) is 0 Å². The maximum Gasteiger partial charge on any atom is 0.0708 e. The fourth-order valence-electron chi connectivity index (χ4n) is 4.71. The van der Waals surface area contributed by atoms with Gasteiger partial charge in [0.05, 0.1) is 11.7 Å². The molecule has 1 saturated heterocycles. The van der Waals surface area contributed by atoms with E-state index >= 15 is 0 Å². The summed E-state index contributed by atoms with van der Waals surface area (Å²) >= 11 is 2.09. The molecular weight excluding hydrogens is 278 g/mol. The number of rotatable bonds is 5. The first-order valence-electron chi connectivity index (χ1n) is 9.20. The van der Waals surface area contributed by atoms with E-state index in [-0.39, 0.29) is 5.60 Å². The van der Waals surface area contributed by atoms with E-state index in [1.54, 1.807) is 0 Å². The van der Waals surface area contributed by atoms with Gasteiger partial charge in [0.2, 0.25) is 0 Å². The van der Waals surface area contributed by atoms with Crippen molar-refractivity contribution in [3.8, 4) is 0 Å². The van der Waals surface area contributed by atoms with E-state index in [1.165, 1.54) is 83.6 Å². The summed E-state index contributed by atoms with van der Waals surface area (Å²) in [5.74, 6) is 0. The summed E-state index contributed by atoms with van der Waals surface area (Å²) in [5, 5.41) is 3.76. The highest BCUT2D eigenvalue weighted by Crippen LogP contribution is 2.42. The average molecular weight is 312 g/mol. The monoisotopic (exact) mass is 311 g/mol. The number of hydrogen-bond acceptors (Lipinski definition) is 3. The lowest BCUT2D eigenvalue weighted by Crippen LogP contribution is -2.42. The fourth-order valence-corrected chi connectivity index (χ4v) is 5.66. The van der Waals surface area contributed by atoms with E-state index in [4.69, 9.17) is 4.74 Å². The molecule has 1 aliphatic heterocycles. The fraction of sp³-hybridized carbons (Fsp3) is 1.00. The molecule has 1 atom stereocenters. The van der Waals surface area contributed by atoms with Crippen molar-refractivity contribution in [2.45, 2.75) is 93.5 Å². The van der Waals surface area contributed by atoms with Crippen molar-refractivity contribution in [3.05, 3.63) is 0 Å². The van der Waals surface area contributed by atoms with Gasteiger partial charge in [-0.25, -0.2) is 0 Å². The quantitative estimate of drug-likeness (QED) is 0.806. The Hall–Kier alpha value is 0.270. The van der Waals surface area contributed by atoms with Crippen LogP contribution in [0.5, 0.6) is 0 Å². The van der Waals surface area contributed by atoms with Gasteiger partial charge < -0.3 is 10.1 Å². The van der Waals surface area contributed by atoms with Crippen molar-refractivity contribution in [1.82, 2.24) is 5.32 Å². The first kappa shape index (κ1) is 16.1. The van der Waals surface area contributed by atoms with Gasteiger partial charge in [0, 0.05) is 17.8 Å². The van der Waals surface area contributed by atoms with Crippen LogP contribution in [0.1, 0.15) is 77.0 Å². The molecule has 122 valence electrons. The van der Waals surface area contributed by atoms with Crippen LogP contribution in [0.4, 0.5) is 0 Å². The molecule has 3 rings (SSSR count). The zero-order valence-electron chi connectivity index (χ0n) is 13.8. The molecule has 0 amide bonds. The Balaban J connectivity index is 1.41. The molecule has 3 fully saturated rings. The minimum Gasteiger partial charge on any atom is -0.370 e. The second-order valence-corrected chi connectivity index (χ2v) is 8.88. The second-order valence-electron chi connectivity index (χ2n) is 7.60. The normalized spacial score (nSPS) is 31.6. The topological polar surface area (TPSA) is 21.3 Å². The van der Waals surface area contributed by atoms with E-state index in [0.717, 1.165) is 6.54 Å². The lowest BCUT2D eigenvalue weighted by atomic mass is 9.83. The SMILES string of the molecule is CSC1(CNCC2CCC3(CCCCC3)O2)CCCCC1. The predicted molar refractivity (Wildman–Crippen MR) is 92.1 cm³/mol. The average Bonchev–Trinajstić information content (AvgIpc) is 2.91. The highest BCUT2D eigenvalue weighted by molar-refractivity contribution is 8.00. The van der Waals surface area contributed by atoms with Crippen LogP contribution in [0.15, 0.2) is 0 Å². The number of nitrogens with one attached hydrogen (secondary N) is 1. The van der Waals surface area contributed by atoms with Crippen molar-refractivity contribution in [3.63, 3.8) is 0 Å². The van der Waals surface area contributed by atoms with Gasteiger partial charge >= 0.3 is 0 Å². The summed E-state index contributed by atoms with van der Waals surface area (Å²) in [7, 11) is 0. The molecule has 3 heteroatoms. The Bertz CT molecular complexity index is 321. The van der Waals surface area contributed by atoms with Crippen LogP contribution in [-0.4, -0.2) is 35.8 Å². The third-order valence-electron chi connectivity index (χ3n) is 6.12. The van der Waals surface area contributed by atoms with Gasteiger partial charge in [-0.1, -0.05) is 38.5 Å². The smallest absolute Gasteiger partial charge is 0.0708 e. The van der Waals surface area contributed by atoms with Gasteiger partial charge in [-0.3, -0.25) is 0 Å². The Morgan fingerprint density at radius 3 is 2.29 bits per heavy atom. The van der Waals surface area contributed by atoms with Crippen molar-refractivity contribution in [2.24, 2.45) is 0 Å². The standard InChI is InChI=1S/C18H33NOS/c1-21-18(11-6-3-7-12-18)15-19-14-16-8-13-17(20-16)9-4-2-5-10-17/h16,19H,2-15H2,1H3. The third kappa shape index (κ3) is 3.97. The van der Waals surface area contributed by atoms with E-state index in [9.17, 15) is 0 Å². The van der Waals surface area contributed by atoms with Gasteiger partial charge in [-0.2, -0.15) is 11.8 Å². The minimum atomic E-state index is 0.284. The largest absolute Gasteiger partial charge is 0.370 e. The summed E-state index contributed by atoms with van der Waals surface area (Å²) in [4.78, 5) is 0. The molecule has 0 bridgehead atoms. The summed E-state index contributed by atoms with van der Waals surface area (Å²) in [5.41, 5.74) is 0.284. The van der Waals surface area contributed by atoms with Crippen LogP contribution in [0.3, 0.4) is 0 Å². The number of hydrogen-bond donors (Lipinski definition) is 1. The number of ether oxygens (including phenoxy) is 1. The van der Waals surface area contributed by atoms with Crippen molar-refractivity contribution in [1.29, 1.82) is 0 Å². The lowest BCUT2D eigenvalue weighted by molar-refractivity contribution is -0.0624. The molecule has 1 heterocycles. The third-order valence-corrected chi connectivity index (χ3v) is 7.54. The molecule has 1 unspecified atom stereocenters. The van der Waals surface area contributed by atoms with Crippen molar-refractivity contribution in [2.75, 3.05) is 19.3 Å². The van der Waals surface area contributed by atoms with Gasteiger partial charge in [0.25, 0.3) is 0 Å². The number of thioether (sulfide) groups is 1. The van der Waals surface area contributed by atoms with Gasteiger partial charge in [-0.05, 0) is 44.8 Å². The van der Waals surface area contributed by atoms with Gasteiger partial charge in [-0.15, -0.1) is 0 Å². The van der Waals surface area contributed by atoms with E-state index in [1.807, 2.05) is 0 Å². The highest BCUT2D eigenvalue weighted by Gasteiger charge is 2.40. The van der Waals surface area contributed by atoms with Crippen LogP contribution >= 0.6 is 11.8 Å². The highest BCUT2D eigenvalue weighted by atomic mass is 32.2. The van der Waals surface area contributed by atoms with Crippen LogP contribution in [0.25, 0.3) is 0 Å². The van der Waals surface area contributed by atoms with E-state index < -0.39 is 0 Å². The molecule has 1 N–H and O–H groups in total. The molecule has 3 aliphatic rings. The van der Waals surface area contributed by atoms with Crippen LogP contribution in [-0.2, 0) is 4.74 Å². The van der Waals surface area contributed by atoms with E-state index in [2.05, 4.69) is 23.3 Å². The van der Waals surface area contributed by atoms with Crippen LogP contribution in [0.2, 0.25) is 0 Å². The Labute approximate surface area is 135 Å². The van der Waals surface area contributed by atoms with Crippen molar-refractivity contribution >= 4 is 11.8 Å². The summed E-state index contributed by atoms with van der Waals surface area (Å²) in [6.07, 6.45) is 19.3. The molecular formula is C18H33NOS. The first-order valence-corrected chi connectivity index (χ1v) is 10.4. The van der Waals surface area contributed by atoms with Crippen molar-refractivity contribution < 1.29 is 4.74 Å². The maximum atomic E-state index is 6.48. The van der Waals surface area contributed by atoms with Crippen LogP contribution in [0, 0.1) is 0 Å². The van der Waals surface area contributed by atoms with E-state index in [0.29, 0.717) is 10.9 Å². The molecule has 1 spiro atoms. The molecule has 0 aromatic heterocycles. The summed E-state index contributed by atoms with van der Waals surface area (Å²) in [6.45, 7) is 2.26. The predicted octanol–water partition coefficient (Wildman–Crippen LogP) is 4.52. The first-order chi connectivity index (χ1) is 10.3. The van der Waals surface area contributed by atoms with Crippen LogP contribution < -0.4 is 5.32 Å². The molecule has 0 aromatic rings. The maximum absolute atomic E-state index is 6.48. The molecule has 0 radical (unpaired) electrons. The molecule has 21 heavy (non-hydrogen) atoms. The molecule has 2 saturated carbocycles. The molecule has 0 aromatic carbocycles. The minimum absolute atomic E-state index is 0.284. The molecule has 2 nitrogen and oxygen atoms in total. The summed E-state index contributed by atoms with van der Waals surface area (Å²) < 4.78 is 6.99. The zero-order chi connectivity index (χ0) is 14.6. The second kappa shape index (κ2) is 7.23.